The van der Waals surface area contributed by atoms with Crippen LogP contribution in [0.4, 0.5) is 5.69 Å². The first kappa shape index (κ1) is 24.4. The molecular weight excluding hydrogens is 432 g/mol. The number of piperidine rings is 2. The molecule has 0 aliphatic carbocycles. The highest BCUT2D eigenvalue weighted by Gasteiger charge is 2.31. The van der Waals surface area contributed by atoms with E-state index >= 15 is 0 Å². The minimum Gasteiger partial charge on any atom is -0.496 e. The molecule has 3 rings (SSSR count). The number of amides is 2. The smallest absolute Gasteiger partial charge is 0.255 e. The van der Waals surface area contributed by atoms with Crippen molar-refractivity contribution in [3.63, 3.8) is 0 Å². The average Bonchev–Trinajstić information content (AvgIpc) is 2.81. The molecule has 2 heterocycles. The van der Waals surface area contributed by atoms with Crippen molar-refractivity contribution in [1.82, 2.24) is 15.1 Å². The molecule has 0 unspecified atom stereocenters. The fourth-order valence-corrected chi connectivity index (χ4v) is 4.40. The Balaban J connectivity index is 1.54. The van der Waals surface area contributed by atoms with Gasteiger partial charge in [-0.05, 0) is 31.7 Å². The third-order valence-electron chi connectivity index (χ3n) is 6.12. The van der Waals surface area contributed by atoms with Gasteiger partial charge in [-0.25, -0.2) is 0 Å². The van der Waals surface area contributed by atoms with E-state index in [0.29, 0.717) is 35.1 Å². The van der Waals surface area contributed by atoms with Crippen LogP contribution < -0.4 is 15.8 Å². The number of rotatable bonds is 7. The highest BCUT2D eigenvalue weighted by molar-refractivity contribution is 6.33. The van der Waals surface area contributed by atoms with Crippen LogP contribution in [0, 0.1) is 0 Å². The quantitative estimate of drug-likeness (QED) is 0.474. The second-order valence-corrected chi connectivity index (χ2v) is 8.67. The maximum absolute atomic E-state index is 12.9. The summed E-state index contributed by atoms with van der Waals surface area (Å²) in [5, 5.41) is 3.35. The highest BCUT2D eigenvalue weighted by Crippen LogP contribution is 2.29. The van der Waals surface area contributed by atoms with Gasteiger partial charge in [0.2, 0.25) is 5.91 Å². The van der Waals surface area contributed by atoms with Crippen LogP contribution in [0.25, 0.3) is 0 Å². The molecule has 2 aliphatic rings. The zero-order valence-corrected chi connectivity index (χ0v) is 19.6. The van der Waals surface area contributed by atoms with Gasteiger partial charge in [0.05, 0.1) is 35.5 Å². The van der Waals surface area contributed by atoms with Gasteiger partial charge in [0, 0.05) is 52.0 Å². The molecule has 8 nitrogen and oxygen atoms in total. The third-order valence-corrected chi connectivity index (χ3v) is 6.45. The lowest BCUT2D eigenvalue weighted by atomic mass is 10.0. The summed E-state index contributed by atoms with van der Waals surface area (Å²) >= 11 is 6.10. The van der Waals surface area contributed by atoms with E-state index in [1.165, 1.54) is 19.6 Å². The van der Waals surface area contributed by atoms with Gasteiger partial charge >= 0.3 is 0 Å². The Bertz CT molecular complexity index is 842. The molecule has 0 spiro atoms. The number of hydrogen-bond acceptors (Lipinski definition) is 6. The first-order chi connectivity index (χ1) is 15.4. The van der Waals surface area contributed by atoms with Crippen LogP contribution in [0.15, 0.2) is 24.3 Å². The lowest BCUT2D eigenvalue weighted by molar-refractivity contribution is -0.126. The number of hydrogen-bond donors (Lipinski definition) is 2. The number of nitrogens with one attached hydrogen (secondary N) is 1. The van der Waals surface area contributed by atoms with Crippen LogP contribution in [0.5, 0.6) is 5.75 Å². The number of carbonyl (C=O) groups excluding carboxylic acids is 2. The molecule has 2 amide bonds. The molecule has 2 atom stereocenters. The van der Waals surface area contributed by atoms with Gasteiger partial charge in [0.15, 0.2) is 0 Å². The lowest BCUT2D eigenvalue weighted by Gasteiger charge is -2.37. The van der Waals surface area contributed by atoms with Crippen LogP contribution in [0.2, 0.25) is 5.02 Å². The number of halogens is 1. The summed E-state index contributed by atoms with van der Waals surface area (Å²) in [6.07, 6.45) is 7.53. The first-order valence-corrected chi connectivity index (χ1v) is 11.4. The number of nitrogens with two attached hydrogens (primary N) is 1. The summed E-state index contributed by atoms with van der Waals surface area (Å²) in [5.41, 5.74) is 6.50. The molecule has 0 saturated carbocycles. The Morgan fingerprint density at radius 3 is 2.66 bits per heavy atom. The molecule has 0 radical (unpaired) electrons. The lowest BCUT2D eigenvalue weighted by Crippen LogP contribution is -2.54. The van der Waals surface area contributed by atoms with Gasteiger partial charge in [0.1, 0.15) is 5.75 Å². The Kier molecular flexibility index (Phi) is 8.78. The number of likely N-dealkylation sites (tertiary alicyclic amines) is 2. The van der Waals surface area contributed by atoms with E-state index in [1.807, 2.05) is 11.0 Å². The average molecular weight is 465 g/mol. The first-order valence-electron chi connectivity index (χ1n) is 11.1. The number of anilines is 1. The maximum atomic E-state index is 12.9. The Morgan fingerprint density at radius 1 is 1.22 bits per heavy atom. The number of nitrogen functional groups attached to an aromatic ring is 1. The fourth-order valence-electron chi connectivity index (χ4n) is 4.23. The van der Waals surface area contributed by atoms with Crippen molar-refractivity contribution in [2.24, 2.45) is 0 Å². The van der Waals surface area contributed by atoms with Crippen molar-refractivity contribution in [1.29, 1.82) is 0 Å². The zero-order chi connectivity index (χ0) is 23.1. The summed E-state index contributed by atoms with van der Waals surface area (Å²) in [6.45, 7) is 3.81. The van der Waals surface area contributed by atoms with Crippen molar-refractivity contribution in [2.45, 2.75) is 37.8 Å². The number of carbonyl (C=O) groups is 2. The van der Waals surface area contributed by atoms with Crippen molar-refractivity contribution < 1.29 is 19.1 Å². The van der Waals surface area contributed by atoms with E-state index in [1.54, 1.807) is 19.3 Å². The summed E-state index contributed by atoms with van der Waals surface area (Å²) in [4.78, 5) is 29.3. The van der Waals surface area contributed by atoms with Crippen molar-refractivity contribution in [3.05, 3.63) is 34.9 Å². The van der Waals surface area contributed by atoms with Crippen LogP contribution in [0.3, 0.4) is 0 Å². The standard InChI is InChI=1S/C23H33ClN4O4/c1-31-20-14-18(25)17(24)13-16(20)23(30)26-19-8-12-27(15-21(19)32-2)9-6-7-22(29)28-10-4-3-5-11-28/h6-7,13-14,19,21H,3-5,8-12,15,25H2,1-2H3,(H,26,30)/b7-6+/t19-,21+/m1/s1. The van der Waals surface area contributed by atoms with Gasteiger partial charge < -0.3 is 25.4 Å². The number of ether oxygens (including phenoxy) is 2. The van der Waals surface area contributed by atoms with Crippen molar-refractivity contribution in [3.8, 4) is 5.75 Å². The second kappa shape index (κ2) is 11.5. The monoisotopic (exact) mass is 464 g/mol. The number of nitrogens with zero attached hydrogens (tertiary/aromatic N) is 2. The molecule has 2 fully saturated rings. The summed E-state index contributed by atoms with van der Waals surface area (Å²) in [7, 11) is 3.13. The molecule has 3 N–H and O–H groups in total. The normalized spacial score (nSPS) is 22.2. The highest BCUT2D eigenvalue weighted by atomic mass is 35.5. The molecule has 176 valence electrons. The van der Waals surface area contributed by atoms with E-state index in [9.17, 15) is 9.59 Å². The summed E-state index contributed by atoms with van der Waals surface area (Å²) < 4.78 is 11.0. The minimum absolute atomic E-state index is 0.0891. The summed E-state index contributed by atoms with van der Waals surface area (Å²) in [6, 6.07) is 2.92. The molecule has 2 saturated heterocycles. The van der Waals surface area contributed by atoms with E-state index in [0.717, 1.165) is 38.9 Å². The van der Waals surface area contributed by atoms with Gasteiger partial charge in [0.25, 0.3) is 5.91 Å². The molecule has 2 aliphatic heterocycles. The second-order valence-electron chi connectivity index (χ2n) is 8.26. The molecule has 0 aromatic heterocycles. The zero-order valence-electron chi connectivity index (χ0n) is 18.8. The van der Waals surface area contributed by atoms with Gasteiger partial charge in [-0.3, -0.25) is 14.5 Å². The maximum Gasteiger partial charge on any atom is 0.255 e. The Morgan fingerprint density at radius 2 is 1.97 bits per heavy atom. The van der Waals surface area contributed by atoms with Gasteiger partial charge in [-0.1, -0.05) is 17.7 Å². The van der Waals surface area contributed by atoms with Crippen LogP contribution in [0.1, 0.15) is 36.0 Å². The Labute approximate surface area is 194 Å². The van der Waals surface area contributed by atoms with E-state index in [4.69, 9.17) is 26.8 Å². The molecule has 32 heavy (non-hydrogen) atoms. The molecular formula is C23H33ClN4O4. The van der Waals surface area contributed by atoms with Gasteiger partial charge in [-0.2, -0.15) is 0 Å². The fraction of sp³-hybridized carbons (Fsp3) is 0.565. The van der Waals surface area contributed by atoms with Crippen molar-refractivity contribution in [2.75, 3.05) is 52.7 Å². The van der Waals surface area contributed by atoms with Crippen LogP contribution >= 0.6 is 11.6 Å². The number of methoxy groups -OCH3 is 2. The van der Waals surface area contributed by atoms with Crippen LogP contribution in [-0.4, -0.2) is 80.7 Å². The minimum atomic E-state index is -0.281. The predicted octanol–water partition coefficient (Wildman–Crippen LogP) is 2.32. The number of benzene rings is 1. The Hall–Kier alpha value is -2.29. The third kappa shape index (κ3) is 6.15. The molecule has 9 heteroatoms. The van der Waals surface area contributed by atoms with Gasteiger partial charge in [-0.15, -0.1) is 0 Å². The molecule has 1 aromatic rings. The SMILES string of the molecule is COc1cc(N)c(Cl)cc1C(=O)N[C@@H]1CCN(C/C=C/C(=O)N2CCCCC2)C[C@@H]1OC. The van der Waals surface area contributed by atoms with Crippen LogP contribution in [-0.2, 0) is 9.53 Å². The summed E-state index contributed by atoms with van der Waals surface area (Å²) in [5.74, 6) is 0.182. The topological polar surface area (TPSA) is 97.1 Å². The predicted molar refractivity (Wildman–Crippen MR) is 125 cm³/mol. The van der Waals surface area contributed by atoms with E-state index in [2.05, 4.69) is 10.2 Å². The molecule has 0 bridgehead atoms. The largest absolute Gasteiger partial charge is 0.496 e. The molecule has 1 aromatic carbocycles. The van der Waals surface area contributed by atoms with E-state index < -0.39 is 0 Å². The van der Waals surface area contributed by atoms with E-state index in [-0.39, 0.29) is 24.0 Å². The van der Waals surface area contributed by atoms with Crippen molar-refractivity contribution >= 4 is 29.1 Å².